The van der Waals surface area contributed by atoms with Gasteiger partial charge in [0.1, 0.15) is 5.84 Å². The number of hydrazone groups is 1. The van der Waals surface area contributed by atoms with E-state index in [0.29, 0.717) is 11.4 Å². The first-order valence-corrected chi connectivity index (χ1v) is 13.1. The molecule has 0 aromatic heterocycles. The number of amides is 1. The van der Waals surface area contributed by atoms with Gasteiger partial charge in [-0.05, 0) is 60.4 Å². The van der Waals surface area contributed by atoms with Gasteiger partial charge in [-0.3, -0.25) is 14.5 Å². The summed E-state index contributed by atoms with van der Waals surface area (Å²) in [5.74, 6) is 1.40. The number of hydrogen-bond acceptors (Lipinski definition) is 6. The first-order chi connectivity index (χ1) is 15.2. The number of nitrogens with zero attached hydrogens (tertiary/aromatic N) is 4. The van der Waals surface area contributed by atoms with Crippen molar-refractivity contribution in [1.29, 1.82) is 0 Å². The largest absolute Gasteiger partial charge is 0.326 e. The van der Waals surface area contributed by atoms with Gasteiger partial charge < -0.3 is 4.90 Å². The Bertz CT molecular complexity index is 1210. The molecule has 0 bridgehead atoms. The van der Waals surface area contributed by atoms with Gasteiger partial charge in [-0.1, -0.05) is 17.8 Å². The molecule has 2 aromatic carbocycles. The Balaban J connectivity index is 1.62. The molecule has 168 valence electrons. The highest BCUT2D eigenvalue weighted by Gasteiger charge is 2.24. The maximum Gasteiger partial charge on any atom is 0.301 e. The highest BCUT2D eigenvalue weighted by molar-refractivity contribution is 8.14. The minimum atomic E-state index is -3.32. The van der Waals surface area contributed by atoms with Gasteiger partial charge in [-0.2, -0.15) is 5.10 Å². The van der Waals surface area contributed by atoms with Crippen LogP contribution < -0.4 is 9.62 Å². The zero-order chi connectivity index (χ0) is 22.9. The lowest BCUT2D eigenvalue weighted by molar-refractivity contribution is 0.235. The van der Waals surface area contributed by atoms with Crippen molar-refractivity contribution in [3.63, 3.8) is 0 Å². The number of carbonyl (C=O) groups is 1. The molecule has 2 aliphatic rings. The molecule has 1 amide bonds. The fourth-order valence-electron chi connectivity index (χ4n) is 3.92. The summed E-state index contributed by atoms with van der Waals surface area (Å²) in [6.45, 7) is 0.844. The molecule has 0 atom stereocenters. The number of amidine groups is 1. The van der Waals surface area contributed by atoms with Crippen LogP contribution in [0.1, 0.15) is 23.1 Å². The molecule has 10 heteroatoms. The molecule has 2 heterocycles. The fourth-order valence-corrected chi connectivity index (χ4v) is 5.20. The molecule has 0 saturated carbocycles. The third-order valence-corrected chi connectivity index (χ3v) is 6.85. The number of carbonyl (C=O) groups excluding carboxylic acids is 1. The lowest BCUT2D eigenvalue weighted by Gasteiger charge is -2.33. The number of rotatable bonds is 4. The Kier molecular flexibility index (Phi) is 6.25. The number of hydrogen-bond donors (Lipinski definition) is 1. The van der Waals surface area contributed by atoms with E-state index in [1.165, 1.54) is 22.3 Å². The van der Waals surface area contributed by atoms with Crippen LogP contribution in [0.2, 0.25) is 0 Å². The Morgan fingerprint density at radius 1 is 1.19 bits per heavy atom. The highest BCUT2D eigenvalue weighted by Crippen LogP contribution is 2.31. The van der Waals surface area contributed by atoms with Crippen LogP contribution in [-0.4, -0.2) is 62.9 Å². The second-order valence-corrected chi connectivity index (χ2v) is 10.4. The standard InChI is InChI=1S/C22H25N5O3S2/c1-23-21(15-6-9-18(10-7-15)25-32(3,29)30)27-12-4-5-17-13-16(8-11-20(17)27)19-14-31-22(28)26(2)24-19/h6-11,13,25H,4-5,12,14H2,1-3H3. The van der Waals surface area contributed by atoms with Gasteiger partial charge in [0.25, 0.3) is 0 Å². The Morgan fingerprint density at radius 3 is 2.59 bits per heavy atom. The first kappa shape index (κ1) is 22.3. The fraction of sp³-hybridized carbons (Fsp3) is 0.318. The average molecular weight is 472 g/mol. The lowest BCUT2D eigenvalue weighted by atomic mass is 9.97. The smallest absolute Gasteiger partial charge is 0.301 e. The topological polar surface area (TPSA) is 94.4 Å². The predicted octanol–water partition coefficient (Wildman–Crippen LogP) is 3.39. The van der Waals surface area contributed by atoms with Crippen LogP contribution in [0.15, 0.2) is 52.6 Å². The van der Waals surface area contributed by atoms with E-state index in [-0.39, 0.29) is 5.24 Å². The van der Waals surface area contributed by atoms with E-state index in [0.717, 1.165) is 54.0 Å². The van der Waals surface area contributed by atoms with Crippen molar-refractivity contribution >= 4 is 49.9 Å². The SMILES string of the molecule is CN=C(c1ccc(NS(C)(=O)=O)cc1)N1CCCc2cc(C3=NN(C)C(=O)SC3)ccc21. The van der Waals surface area contributed by atoms with Crippen molar-refractivity contribution in [2.75, 3.05) is 42.3 Å². The van der Waals surface area contributed by atoms with Gasteiger partial charge in [-0.25, -0.2) is 13.4 Å². The van der Waals surface area contributed by atoms with E-state index in [4.69, 9.17) is 0 Å². The molecular formula is C22H25N5O3S2. The third kappa shape index (κ3) is 4.81. The van der Waals surface area contributed by atoms with E-state index in [1.54, 1.807) is 26.2 Å². The number of sulfonamides is 1. The molecule has 0 fully saturated rings. The molecule has 32 heavy (non-hydrogen) atoms. The molecule has 0 radical (unpaired) electrons. The van der Waals surface area contributed by atoms with Crippen molar-refractivity contribution in [2.24, 2.45) is 10.1 Å². The zero-order valence-electron chi connectivity index (χ0n) is 18.2. The average Bonchev–Trinajstić information content (AvgIpc) is 2.76. The molecule has 2 aliphatic heterocycles. The molecule has 8 nitrogen and oxygen atoms in total. The maximum atomic E-state index is 11.7. The van der Waals surface area contributed by atoms with Gasteiger partial charge in [0.15, 0.2) is 0 Å². The van der Waals surface area contributed by atoms with E-state index in [9.17, 15) is 13.2 Å². The highest BCUT2D eigenvalue weighted by atomic mass is 32.2. The molecule has 0 aliphatic carbocycles. The van der Waals surface area contributed by atoms with E-state index >= 15 is 0 Å². The molecule has 0 spiro atoms. The number of fused-ring (bicyclic) bond motifs is 1. The predicted molar refractivity (Wildman–Crippen MR) is 132 cm³/mol. The van der Waals surface area contributed by atoms with Crippen molar-refractivity contribution in [1.82, 2.24) is 5.01 Å². The van der Waals surface area contributed by atoms with E-state index < -0.39 is 10.0 Å². The van der Waals surface area contributed by atoms with Gasteiger partial charge in [-0.15, -0.1) is 0 Å². The molecule has 4 rings (SSSR count). The summed E-state index contributed by atoms with van der Waals surface area (Å²) >= 11 is 1.26. The second-order valence-electron chi connectivity index (χ2n) is 7.72. The summed E-state index contributed by atoms with van der Waals surface area (Å²) in [6, 6.07) is 13.5. The molecule has 1 N–H and O–H groups in total. The zero-order valence-corrected chi connectivity index (χ0v) is 19.8. The maximum absolute atomic E-state index is 11.7. The van der Waals surface area contributed by atoms with E-state index in [2.05, 4.69) is 31.8 Å². The normalized spacial score (nSPS) is 17.2. The summed E-state index contributed by atoms with van der Waals surface area (Å²) in [7, 11) is 0.122. The number of anilines is 2. The number of aliphatic imine (C=N–C) groups is 1. The van der Waals surface area contributed by atoms with Crippen LogP contribution in [0.4, 0.5) is 16.2 Å². The number of nitrogens with one attached hydrogen (secondary N) is 1. The van der Waals surface area contributed by atoms with Gasteiger partial charge in [0, 0.05) is 43.3 Å². The van der Waals surface area contributed by atoms with Crippen molar-refractivity contribution in [2.45, 2.75) is 12.8 Å². The number of benzene rings is 2. The summed E-state index contributed by atoms with van der Waals surface area (Å²) in [6.07, 6.45) is 3.08. The van der Waals surface area contributed by atoms with Crippen molar-refractivity contribution < 1.29 is 13.2 Å². The van der Waals surface area contributed by atoms with Crippen LogP contribution in [0.5, 0.6) is 0 Å². The van der Waals surface area contributed by atoms with Crippen molar-refractivity contribution in [3.05, 3.63) is 59.2 Å². The Labute approximate surface area is 192 Å². The van der Waals surface area contributed by atoms with Crippen molar-refractivity contribution in [3.8, 4) is 0 Å². The van der Waals surface area contributed by atoms with Gasteiger partial charge >= 0.3 is 5.24 Å². The number of aryl methyl sites for hydroxylation is 1. The quantitative estimate of drug-likeness (QED) is 0.545. The van der Waals surface area contributed by atoms with Gasteiger partial charge in [0.05, 0.1) is 12.0 Å². The number of thioether (sulfide) groups is 1. The second kappa shape index (κ2) is 8.95. The summed E-state index contributed by atoms with van der Waals surface area (Å²) in [5.41, 5.74) is 5.69. The Hall–Kier alpha value is -2.85. The molecular weight excluding hydrogens is 446 g/mol. The van der Waals surface area contributed by atoms with E-state index in [1.807, 2.05) is 18.2 Å². The Morgan fingerprint density at radius 2 is 1.94 bits per heavy atom. The summed E-state index contributed by atoms with van der Waals surface area (Å²) in [4.78, 5) is 18.5. The minimum absolute atomic E-state index is 0.0422. The monoisotopic (exact) mass is 471 g/mol. The van der Waals surface area contributed by atoms with Crippen LogP contribution in [0, 0.1) is 0 Å². The van der Waals surface area contributed by atoms with Gasteiger partial charge in [0.2, 0.25) is 10.0 Å². The van der Waals surface area contributed by atoms with Crippen LogP contribution in [0.3, 0.4) is 0 Å². The molecule has 0 saturated heterocycles. The molecule has 2 aromatic rings. The van der Waals surface area contributed by atoms with Crippen LogP contribution in [0.25, 0.3) is 0 Å². The van der Waals surface area contributed by atoms with Crippen LogP contribution >= 0.6 is 11.8 Å². The summed E-state index contributed by atoms with van der Waals surface area (Å²) in [5, 5.41) is 5.77. The van der Waals surface area contributed by atoms with Crippen LogP contribution in [-0.2, 0) is 16.4 Å². The first-order valence-electron chi connectivity index (χ1n) is 10.2. The summed E-state index contributed by atoms with van der Waals surface area (Å²) < 4.78 is 25.4. The third-order valence-electron chi connectivity index (χ3n) is 5.31. The minimum Gasteiger partial charge on any atom is -0.326 e. The molecule has 0 unspecified atom stereocenters. The lowest BCUT2D eigenvalue weighted by Crippen LogP contribution is -2.36.